The summed E-state index contributed by atoms with van der Waals surface area (Å²) in [5, 5.41) is 12.0. The number of aromatic nitrogens is 1. The number of carbonyl (C=O) groups excluding carboxylic acids is 1. The molecule has 2 N–H and O–H groups in total. The van der Waals surface area contributed by atoms with Crippen LogP contribution in [0.4, 0.5) is 5.69 Å². The lowest BCUT2D eigenvalue weighted by Gasteiger charge is -2.08. The minimum atomic E-state index is -1.12. The highest BCUT2D eigenvalue weighted by molar-refractivity contribution is 6.31. The zero-order valence-corrected chi connectivity index (χ0v) is 11.1. The molecule has 1 heterocycles. The molecule has 0 fully saturated rings. The van der Waals surface area contributed by atoms with E-state index in [1.165, 1.54) is 18.5 Å². The number of hydrogen-bond acceptors (Lipinski definition) is 3. The second-order valence-corrected chi connectivity index (χ2v) is 4.45. The molecule has 0 aliphatic rings. The average Bonchev–Trinajstić information content (AvgIpc) is 2.41. The number of carboxylic acid groups (broad SMARTS) is 1. The molecule has 2 rings (SSSR count). The molecule has 20 heavy (non-hydrogen) atoms. The van der Waals surface area contributed by atoms with Gasteiger partial charge in [-0.25, -0.2) is 4.79 Å². The molecule has 6 heteroatoms. The number of carbonyl (C=O) groups is 2. The van der Waals surface area contributed by atoms with Crippen molar-refractivity contribution in [3.05, 3.63) is 58.9 Å². The Bertz CT molecular complexity index is 658. The standard InChI is InChI=1S/C14H11ClN2O3/c15-11-4-2-1-3-9(11)7-13(18)17-12-8-16-6-5-10(12)14(19)20/h1-6,8H,7H2,(H,17,18)(H,19,20). The van der Waals surface area contributed by atoms with Gasteiger partial charge in [0, 0.05) is 11.2 Å². The molecule has 0 spiro atoms. The molecule has 102 valence electrons. The van der Waals surface area contributed by atoms with Crippen LogP contribution in [0.5, 0.6) is 0 Å². The fourth-order valence-corrected chi connectivity index (χ4v) is 1.89. The third-order valence-electron chi connectivity index (χ3n) is 2.63. The molecule has 0 saturated heterocycles. The maximum Gasteiger partial charge on any atom is 0.337 e. The number of carboxylic acids is 1. The van der Waals surface area contributed by atoms with Gasteiger partial charge >= 0.3 is 5.97 Å². The molecule has 1 amide bonds. The maximum absolute atomic E-state index is 11.9. The van der Waals surface area contributed by atoms with Crippen LogP contribution in [-0.2, 0) is 11.2 Å². The molecule has 2 aromatic rings. The van der Waals surface area contributed by atoms with E-state index < -0.39 is 5.97 Å². The van der Waals surface area contributed by atoms with Gasteiger partial charge in [0.05, 0.1) is 23.9 Å². The van der Waals surface area contributed by atoms with Crippen molar-refractivity contribution in [2.45, 2.75) is 6.42 Å². The van der Waals surface area contributed by atoms with Gasteiger partial charge in [-0.2, -0.15) is 0 Å². The lowest BCUT2D eigenvalue weighted by molar-refractivity contribution is -0.115. The van der Waals surface area contributed by atoms with Crippen molar-refractivity contribution in [3.8, 4) is 0 Å². The quantitative estimate of drug-likeness (QED) is 0.907. The first-order valence-electron chi connectivity index (χ1n) is 5.78. The van der Waals surface area contributed by atoms with Crippen LogP contribution < -0.4 is 5.32 Å². The maximum atomic E-state index is 11.9. The number of amides is 1. The minimum Gasteiger partial charge on any atom is -0.478 e. The molecule has 0 atom stereocenters. The van der Waals surface area contributed by atoms with Gasteiger partial charge in [-0.05, 0) is 17.7 Å². The molecule has 0 aliphatic carbocycles. The highest BCUT2D eigenvalue weighted by Crippen LogP contribution is 2.17. The van der Waals surface area contributed by atoms with Crippen molar-refractivity contribution in [2.75, 3.05) is 5.32 Å². The number of aromatic carboxylic acids is 1. The summed E-state index contributed by atoms with van der Waals surface area (Å²) < 4.78 is 0. The van der Waals surface area contributed by atoms with Crippen molar-refractivity contribution < 1.29 is 14.7 Å². The van der Waals surface area contributed by atoms with E-state index in [1.807, 2.05) is 0 Å². The van der Waals surface area contributed by atoms with Crippen LogP contribution in [0.25, 0.3) is 0 Å². The monoisotopic (exact) mass is 290 g/mol. The normalized spacial score (nSPS) is 10.1. The van der Waals surface area contributed by atoms with Crippen LogP contribution in [0.2, 0.25) is 5.02 Å². The number of halogens is 1. The molecule has 0 radical (unpaired) electrons. The van der Waals surface area contributed by atoms with E-state index in [0.717, 1.165) is 0 Å². The fraction of sp³-hybridized carbons (Fsp3) is 0.0714. The Labute approximate surface area is 120 Å². The number of anilines is 1. The lowest BCUT2D eigenvalue weighted by Crippen LogP contribution is -2.17. The second-order valence-electron chi connectivity index (χ2n) is 4.04. The van der Waals surface area contributed by atoms with Crippen molar-refractivity contribution in [3.63, 3.8) is 0 Å². The van der Waals surface area contributed by atoms with Crippen LogP contribution in [0.1, 0.15) is 15.9 Å². The number of nitrogens with zero attached hydrogens (tertiary/aromatic N) is 1. The van der Waals surface area contributed by atoms with E-state index in [1.54, 1.807) is 24.3 Å². The summed E-state index contributed by atoms with van der Waals surface area (Å²) in [4.78, 5) is 26.7. The molecule has 0 saturated carbocycles. The lowest BCUT2D eigenvalue weighted by atomic mass is 10.1. The van der Waals surface area contributed by atoms with Gasteiger partial charge in [-0.1, -0.05) is 29.8 Å². The van der Waals surface area contributed by atoms with Crippen molar-refractivity contribution in [2.24, 2.45) is 0 Å². The summed E-state index contributed by atoms with van der Waals surface area (Å²) in [5.41, 5.74) is 0.831. The molecule has 1 aromatic heterocycles. The largest absolute Gasteiger partial charge is 0.478 e. The average molecular weight is 291 g/mol. The Hall–Kier alpha value is -2.40. The SMILES string of the molecule is O=C(Cc1ccccc1Cl)Nc1cnccc1C(=O)O. The number of pyridine rings is 1. The molecule has 0 aliphatic heterocycles. The summed E-state index contributed by atoms with van der Waals surface area (Å²) in [5.74, 6) is -1.48. The van der Waals surface area contributed by atoms with E-state index in [-0.39, 0.29) is 23.6 Å². The summed E-state index contributed by atoms with van der Waals surface area (Å²) in [6.07, 6.45) is 2.72. The van der Waals surface area contributed by atoms with Gasteiger partial charge in [0.15, 0.2) is 0 Å². The van der Waals surface area contributed by atoms with Crippen LogP contribution >= 0.6 is 11.6 Å². The first kappa shape index (κ1) is 14.0. The molecule has 1 aromatic carbocycles. The summed E-state index contributed by atoms with van der Waals surface area (Å²) >= 11 is 5.97. The van der Waals surface area contributed by atoms with Crippen LogP contribution in [0.3, 0.4) is 0 Å². The number of benzene rings is 1. The molecular weight excluding hydrogens is 280 g/mol. The Morgan fingerprint density at radius 1 is 1.25 bits per heavy atom. The third-order valence-corrected chi connectivity index (χ3v) is 3.00. The van der Waals surface area contributed by atoms with Gasteiger partial charge in [0.2, 0.25) is 5.91 Å². The number of hydrogen-bond donors (Lipinski definition) is 2. The Morgan fingerprint density at radius 3 is 2.70 bits per heavy atom. The highest BCUT2D eigenvalue weighted by Gasteiger charge is 2.13. The fourth-order valence-electron chi connectivity index (χ4n) is 1.69. The molecule has 5 nitrogen and oxygen atoms in total. The van der Waals surface area contributed by atoms with Crippen molar-refractivity contribution in [1.82, 2.24) is 4.98 Å². The van der Waals surface area contributed by atoms with E-state index in [9.17, 15) is 9.59 Å². The van der Waals surface area contributed by atoms with Crippen molar-refractivity contribution in [1.29, 1.82) is 0 Å². The highest BCUT2D eigenvalue weighted by atomic mass is 35.5. The van der Waals surface area contributed by atoms with E-state index in [0.29, 0.717) is 10.6 Å². The summed E-state index contributed by atoms with van der Waals surface area (Å²) in [7, 11) is 0. The van der Waals surface area contributed by atoms with E-state index in [2.05, 4.69) is 10.3 Å². The first-order chi connectivity index (χ1) is 9.58. The molecule has 0 unspecified atom stereocenters. The minimum absolute atomic E-state index is 0.00694. The summed E-state index contributed by atoms with van der Waals surface area (Å²) in [6, 6.07) is 8.31. The number of nitrogens with one attached hydrogen (secondary N) is 1. The van der Waals surface area contributed by atoms with Gasteiger partial charge in [0.25, 0.3) is 0 Å². The molecular formula is C14H11ClN2O3. The van der Waals surface area contributed by atoms with Gasteiger partial charge < -0.3 is 10.4 Å². The smallest absolute Gasteiger partial charge is 0.337 e. The molecule has 0 bridgehead atoms. The number of rotatable bonds is 4. The predicted molar refractivity (Wildman–Crippen MR) is 75.0 cm³/mol. The van der Waals surface area contributed by atoms with Gasteiger partial charge in [-0.15, -0.1) is 0 Å². The van der Waals surface area contributed by atoms with E-state index >= 15 is 0 Å². The van der Waals surface area contributed by atoms with Gasteiger partial charge in [0.1, 0.15) is 0 Å². The van der Waals surface area contributed by atoms with Crippen molar-refractivity contribution >= 4 is 29.2 Å². The Balaban J connectivity index is 2.13. The van der Waals surface area contributed by atoms with Crippen LogP contribution in [-0.4, -0.2) is 22.0 Å². The third kappa shape index (κ3) is 3.33. The zero-order chi connectivity index (χ0) is 14.5. The first-order valence-corrected chi connectivity index (χ1v) is 6.16. The Kier molecular flexibility index (Phi) is 4.32. The van der Waals surface area contributed by atoms with E-state index in [4.69, 9.17) is 16.7 Å². The zero-order valence-electron chi connectivity index (χ0n) is 10.3. The van der Waals surface area contributed by atoms with Crippen LogP contribution in [0.15, 0.2) is 42.7 Å². The van der Waals surface area contributed by atoms with Crippen LogP contribution in [0, 0.1) is 0 Å². The Morgan fingerprint density at radius 2 is 2.00 bits per heavy atom. The summed E-state index contributed by atoms with van der Waals surface area (Å²) in [6.45, 7) is 0. The topological polar surface area (TPSA) is 79.3 Å². The second kappa shape index (κ2) is 6.16. The van der Waals surface area contributed by atoms with Gasteiger partial charge in [-0.3, -0.25) is 9.78 Å². The predicted octanol–water partition coefficient (Wildman–Crippen LogP) is 2.61.